The molecule has 11 heteroatoms. The molecule has 3 rings (SSSR count). The highest BCUT2D eigenvalue weighted by molar-refractivity contribution is 6.31. The molecule has 0 aliphatic heterocycles. The summed E-state index contributed by atoms with van der Waals surface area (Å²) in [5.41, 5.74) is 0.915. The van der Waals surface area contributed by atoms with Crippen LogP contribution in [0, 0.1) is 5.82 Å². The minimum Gasteiger partial charge on any atom is -0.289 e. The minimum atomic E-state index is -4.62. The third-order valence-electron chi connectivity index (χ3n) is 3.60. The fraction of sp³-hybridized carbons (Fsp3) is 0.133. The Morgan fingerprint density at radius 2 is 2.04 bits per heavy atom. The molecule has 0 saturated carbocycles. The number of hydrogen-bond donors (Lipinski definition) is 2. The molecule has 136 valence electrons. The summed E-state index contributed by atoms with van der Waals surface area (Å²) in [6.07, 6.45) is -4.02. The van der Waals surface area contributed by atoms with E-state index in [0.717, 1.165) is 22.9 Å². The van der Waals surface area contributed by atoms with Crippen molar-refractivity contribution in [2.45, 2.75) is 12.7 Å². The van der Waals surface area contributed by atoms with Crippen LogP contribution in [-0.2, 0) is 12.7 Å². The average Bonchev–Trinajstić information content (AvgIpc) is 2.94. The SMILES string of the molecule is NNC(=O)c1nn(Cc2ccc(F)cc2Cl)c2cc(C(F)(F)F)cnc12. The predicted octanol–water partition coefficient (Wildman–Crippen LogP) is 2.89. The number of carbonyl (C=O) groups excluding carboxylic acids is 1. The topological polar surface area (TPSA) is 85.8 Å². The molecule has 2 heterocycles. The van der Waals surface area contributed by atoms with Crippen LogP contribution in [0.2, 0.25) is 5.02 Å². The number of fused-ring (bicyclic) bond motifs is 1. The molecule has 1 amide bonds. The van der Waals surface area contributed by atoms with Gasteiger partial charge in [-0.15, -0.1) is 0 Å². The smallest absolute Gasteiger partial charge is 0.289 e. The standard InChI is InChI=1S/C15H10ClF4N5O/c16-10-4-9(17)2-1-7(10)6-25-11-3-8(15(18,19)20)5-22-12(11)13(24-25)14(26)23-21/h1-5H,6,21H2,(H,23,26). The second-order valence-electron chi connectivity index (χ2n) is 5.30. The van der Waals surface area contributed by atoms with Gasteiger partial charge < -0.3 is 0 Å². The van der Waals surface area contributed by atoms with Gasteiger partial charge in [-0.05, 0) is 23.8 Å². The molecule has 0 fully saturated rings. The Hall–Kier alpha value is -2.72. The number of amides is 1. The number of aromatic nitrogens is 3. The van der Waals surface area contributed by atoms with Gasteiger partial charge in [0, 0.05) is 11.2 Å². The second kappa shape index (κ2) is 6.54. The molecule has 0 aliphatic carbocycles. The number of benzene rings is 1. The van der Waals surface area contributed by atoms with Gasteiger partial charge in [-0.25, -0.2) is 10.2 Å². The van der Waals surface area contributed by atoms with Crippen LogP contribution in [0.1, 0.15) is 21.6 Å². The van der Waals surface area contributed by atoms with Crippen LogP contribution in [-0.4, -0.2) is 20.7 Å². The van der Waals surface area contributed by atoms with E-state index in [1.54, 1.807) is 0 Å². The zero-order chi connectivity index (χ0) is 19.1. The molecule has 0 radical (unpaired) electrons. The number of halogens is 5. The molecule has 2 aromatic heterocycles. The van der Waals surface area contributed by atoms with Crippen molar-refractivity contribution in [3.63, 3.8) is 0 Å². The number of rotatable bonds is 3. The van der Waals surface area contributed by atoms with E-state index in [9.17, 15) is 22.4 Å². The monoisotopic (exact) mass is 387 g/mol. The van der Waals surface area contributed by atoms with Gasteiger partial charge >= 0.3 is 6.18 Å². The Labute approximate surface area is 148 Å². The molecule has 0 saturated heterocycles. The lowest BCUT2D eigenvalue weighted by Gasteiger charge is -2.08. The van der Waals surface area contributed by atoms with E-state index >= 15 is 0 Å². The molecule has 3 aromatic rings. The van der Waals surface area contributed by atoms with E-state index in [0.29, 0.717) is 11.8 Å². The number of nitrogens with two attached hydrogens (primary N) is 1. The predicted molar refractivity (Wildman–Crippen MR) is 84.7 cm³/mol. The average molecular weight is 388 g/mol. The van der Waals surface area contributed by atoms with Crippen LogP contribution < -0.4 is 11.3 Å². The summed E-state index contributed by atoms with van der Waals surface area (Å²) in [4.78, 5) is 15.5. The van der Waals surface area contributed by atoms with Crippen molar-refractivity contribution in [3.05, 3.63) is 58.1 Å². The van der Waals surface area contributed by atoms with Crippen molar-refractivity contribution in [2.24, 2.45) is 5.84 Å². The molecule has 3 N–H and O–H groups in total. The summed E-state index contributed by atoms with van der Waals surface area (Å²) < 4.78 is 53.2. The van der Waals surface area contributed by atoms with Gasteiger partial charge in [0.2, 0.25) is 0 Å². The summed E-state index contributed by atoms with van der Waals surface area (Å²) in [6.45, 7) is -0.101. The number of pyridine rings is 1. The highest BCUT2D eigenvalue weighted by Gasteiger charge is 2.32. The first kappa shape index (κ1) is 18.1. The Morgan fingerprint density at radius 3 is 2.65 bits per heavy atom. The molecule has 0 atom stereocenters. The number of nitrogens with zero attached hydrogens (tertiary/aromatic N) is 3. The fourth-order valence-corrected chi connectivity index (χ4v) is 2.59. The van der Waals surface area contributed by atoms with Gasteiger partial charge in [-0.1, -0.05) is 17.7 Å². The number of hydrazine groups is 1. The molecule has 1 aromatic carbocycles. The van der Waals surface area contributed by atoms with Gasteiger partial charge in [-0.2, -0.15) is 18.3 Å². The van der Waals surface area contributed by atoms with Gasteiger partial charge in [0.1, 0.15) is 11.3 Å². The third-order valence-corrected chi connectivity index (χ3v) is 3.95. The zero-order valence-electron chi connectivity index (χ0n) is 12.8. The van der Waals surface area contributed by atoms with Crippen molar-refractivity contribution in [1.82, 2.24) is 20.2 Å². The zero-order valence-corrected chi connectivity index (χ0v) is 13.6. The number of nitrogen functional groups attached to an aromatic ring is 1. The van der Waals surface area contributed by atoms with E-state index in [1.807, 2.05) is 5.43 Å². The summed E-state index contributed by atoms with van der Waals surface area (Å²) in [5, 5.41) is 4.05. The summed E-state index contributed by atoms with van der Waals surface area (Å²) in [5.74, 6) is 3.70. The van der Waals surface area contributed by atoms with E-state index in [2.05, 4.69) is 10.1 Å². The lowest BCUT2D eigenvalue weighted by molar-refractivity contribution is -0.137. The van der Waals surface area contributed by atoms with Crippen molar-refractivity contribution in [3.8, 4) is 0 Å². The van der Waals surface area contributed by atoms with E-state index in [-0.39, 0.29) is 28.3 Å². The Morgan fingerprint density at radius 1 is 1.31 bits per heavy atom. The van der Waals surface area contributed by atoms with Crippen LogP contribution in [0.3, 0.4) is 0 Å². The molecular weight excluding hydrogens is 378 g/mol. The number of hydrogen-bond acceptors (Lipinski definition) is 4. The van der Waals surface area contributed by atoms with Crippen LogP contribution in [0.15, 0.2) is 30.5 Å². The molecule has 0 aliphatic rings. The molecule has 0 spiro atoms. The minimum absolute atomic E-state index is 0.0428. The molecule has 26 heavy (non-hydrogen) atoms. The fourth-order valence-electron chi connectivity index (χ4n) is 2.36. The van der Waals surface area contributed by atoms with Crippen LogP contribution in [0.25, 0.3) is 11.0 Å². The van der Waals surface area contributed by atoms with Crippen molar-refractivity contribution < 1.29 is 22.4 Å². The molecule has 0 bridgehead atoms. The number of carbonyl (C=O) groups is 1. The van der Waals surface area contributed by atoms with E-state index in [1.165, 1.54) is 6.07 Å². The highest BCUT2D eigenvalue weighted by Crippen LogP contribution is 2.31. The van der Waals surface area contributed by atoms with Crippen LogP contribution in [0.4, 0.5) is 17.6 Å². The van der Waals surface area contributed by atoms with Crippen LogP contribution in [0.5, 0.6) is 0 Å². The van der Waals surface area contributed by atoms with Gasteiger partial charge in [0.15, 0.2) is 5.69 Å². The largest absolute Gasteiger partial charge is 0.417 e. The highest BCUT2D eigenvalue weighted by atomic mass is 35.5. The molecule has 0 unspecified atom stereocenters. The maximum atomic E-state index is 13.2. The summed E-state index contributed by atoms with van der Waals surface area (Å²) in [7, 11) is 0. The first-order valence-corrected chi connectivity index (χ1v) is 7.47. The van der Waals surface area contributed by atoms with E-state index < -0.39 is 23.5 Å². The molecular formula is C15H10ClF4N5O. The number of nitrogens with one attached hydrogen (secondary N) is 1. The second-order valence-corrected chi connectivity index (χ2v) is 5.71. The Balaban J connectivity index is 2.17. The van der Waals surface area contributed by atoms with Gasteiger partial charge in [0.25, 0.3) is 5.91 Å². The first-order chi connectivity index (χ1) is 12.2. The summed E-state index contributed by atoms with van der Waals surface area (Å²) in [6, 6.07) is 4.41. The quantitative estimate of drug-likeness (QED) is 0.313. The maximum absolute atomic E-state index is 13.2. The van der Waals surface area contributed by atoms with Crippen molar-refractivity contribution in [1.29, 1.82) is 0 Å². The van der Waals surface area contributed by atoms with Gasteiger partial charge in [-0.3, -0.25) is 19.9 Å². The Bertz CT molecular complexity index is 1000. The van der Waals surface area contributed by atoms with Crippen molar-refractivity contribution in [2.75, 3.05) is 0 Å². The van der Waals surface area contributed by atoms with Crippen molar-refractivity contribution >= 4 is 28.5 Å². The first-order valence-electron chi connectivity index (χ1n) is 7.09. The Kier molecular flexibility index (Phi) is 4.55. The third kappa shape index (κ3) is 3.33. The number of alkyl halides is 3. The van der Waals surface area contributed by atoms with Crippen LogP contribution >= 0.6 is 11.6 Å². The normalized spacial score (nSPS) is 11.8. The lowest BCUT2D eigenvalue weighted by atomic mass is 10.2. The maximum Gasteiger partial charge on any atom is 0.417 e. The molecule has 6 nitrogen and oxygen atoms in total. The van der Waals surface area contributed by atoms with Gasteiger partial charge in [0.05, 0.1) is 17.6 Å². The summed E-state index contributed by atoms with van der Waals surface area (Å²) >= 11 is 5.96. The van der Waals surface area contributed by atoms with E-state index in [4.69, 9.17) is 17.4 Å². The lowest BCUT2D eigenvalue weighted by Crippen LogP contribution is -2.30.